The van der Waals surface area contributed by atoms with Gasteiger partial charge in [0.25, 0.3) is 0 Å². The standard InChI is InChI=1S/C6H13N3O/c1-4-7-6(10)8-5-9(2)3/h5H,4H2,1-3H3,(H,7,10)/b8-5+. The molecular weight excluding hydrogens is 130 g/mol. The molecule has 0 aromatic heterocycles. The zero-order chi connectivity index (χ0) is 7.98. The van der Waals surface area contributed by atoms with Crippen LogP contribution in [0.25, 0.3) is 0 Å². The fourth-order valence-corrected chi connectivity index (χ4v) is 0.365. The number of nitrogens with zero attached hydrogens (tertiary/aromatic N) is 2. The average Bonchev–Trinajstić information content (AvgIpc) is 1.85. The molecule has 0 saturated carbocycles. The molecule has 0 aromatic carbocycles. The fourth-order valence-electron chi connectivity index (χ4n) is 0.365. The second-order valence-corrected chi connectivity index (χ2v) is 2.04. The van der Waals surface area contributed by atoms with Gasteiger partial charge in [0.05, 0.1) is 6.34 Å². The van der Waals surface area contributed by atoms with Crippen LogP contribution in [0.3, 0.4) is 0 Å². The molecule has 0 saturated heterocycles. The Morgan fingerprint density at radius 2 is 2.30 bits per heavy atom. The van der Waals surface area contributed by atoms with Crippen LogP contribution in [0.4, 0.5) is 4.79 Å². The van der Waals surface area contributed by atoms with Gasteiger partial charge in [-0.15, -0.1) is 0 Å². The van der Waals surface area contributed by atoms with E-state index in [2.05, 4.69) is 10.3 Å². The first kappa shape index (κ1) is 8.94. The molecule has 0 heterocycles. The fraction of sp³-hybridized carbons (Fsp3) is 0.667. The second kappa shape index (κ2) is 4.78. The van der Waals surface area contributed by atoms with Crippen LogP contribution < -0.4 is 5.32 Å². The molecule has 10 heavy (non-hydrogen) atoms. The molecule has 0 atom stereocenters. The van der Waals surface area contributed by atoms with Crippen LogP contribution in [0.2, 0.25) is 0 Å². The van der Waals surface area contributed by atoms with E-state index in [1.54, 1.807) is 4.90 Å². The largest absolute Gasteiger partial charge is 0.369 e. The number of carbonyl (C=O) groups excluding carboxylic acids is 1. The topological polar surface area (TPSA) is 44.7 Å². The number of urea groups is 1. The molecule has 2 amide bonds. The Bertz CT molecular complexity index is 131. The minimum Gasteiger partial charge on any atom is -0.369 e. The highest BCUT2D eigenvalue weighted by Gasteiger charge is 1.90. The molecule has 0 aliphatic carbocycles. The lowest BCUT2D eigenvalue weighted by atomic mass is 10.7. The van der Waals surface area contributed by atoms with Gasteiger partial charge in [-0.1, -0.05) is 0 Å². The number of hydrogen-bond acceptors (Lipinski definition) is 1. The lowest BCUT2D eigenvalue weighted by molar-refractivity contribution is 0.249. The molecule has 0 unspecified atom stereocenters. The van der Waals surface area contributed by atoms with Gasteiger partial charge in [0, 0.05) is 20.6 Å². The Morgan fingerprint density at radius 1 is 1.70 bits per heavy atom. The summed E-state index contributed by atoms with van der Waals surface area (Å²) in [6, 6.07) is -0.295. The number of nitrogens with one attached hydrogen (secondary N) is 1. The highest BCUT2D eigenvalue weighted by atomic mass is 16.2. The smallest absolute Gasteiger partial charge is 0.342 e. The summed E-state index contributed by atoms with van der Waals surface area (Å²) in [4.78, 5) is 15.9. The Hall–Kier alpha value is -1.06. The van der Waals surface area contributed by atoms with Gasteiger partial charge in [-0.05, 0) is 6.92 Å². The highest BCUT2D eigenvalue weighted by Crippen LogP contribution is 1.72. The van der Waals surface area contributed by atoms with E-state index < -0.39 is 0 Å². The van der Waals surface area contributed by atoms with Crippen LogP contribution in [-0.2, 0) is 0 Å². The van der Waals surface area contributed by atoms with E-state index in [1.807, 2.05) is 21.0 Å². The summed E-state index contributed by atoms with van der Waals surface area (Å²) >= 11 is 0. The van der Waals surface area contributed by atoms with Crippen molar-refractivity contribution in [3.05, 3.63) is 0 Å². The van der Waals surface area contributed by atoms with Crippen molar-refractivity contribution >= 4 is 12.4 Å². The predicted octanol–water partition coefficient (Wildman–Crippen LogP) is 0.306. The molecular formula is C6H13N3O. The van der Waals surface area contributed by atoms with Crippen LogP contribution in [0.5, 0.6) is 0 Å². The summed E-state index contributed by atoms with van der Waals surface area (Å²) < 4.78 is 0. The van der Waals surface area contributed by atoms with Crippen LogP contribution in [0.15, 0.2) is 4.99 Å². The number of hydrogen-bond donors (Lipinski definition) is 1. The van der Waals surface area contributed by atoms with E-state index in [0.717, 1.165) is 0 Å². The van der Waals surface area contributed by atoms with Gasteiger partial charge in [-0.3, -0.25) is 0 Å². The average molecular weight is 143 g/mol. The molecule has 0 aromatic rings. The molecule has 0 spiro atoms. The van der Waals surface area contributed by atoms with Gasteiger partial charge in [0.1, 0.15) is 0 Å². The number of rotatable bonds is 2. The highest BCUT2D eigenvalue weighted by molar-refractivity contribution is 5.82. The maximum Gasteiger partial charge on any atom is 0.342 e. The van der Waals surface area contributed by atoms with Crippen molar-refractivity contribution < 1.29 is 4.79 Å². The maximum atomic E-state index is 10.6. The molecule has 0 aliphatic heterocycles. The van der Waals surface area contributed by atoms with Crippen molar-refractivity contribution in [1.29, 1.82) is 0 Å². The quantitative estimate of drug-likeness (QED) is 0.446. The first-order valence-electron chi connectivity index (χ1n) is 3.15. The Kier molecular flexibility index (Phi) is 4.28. The van der Waals surface area contributed by atoms with Gasteiger partial charge in [-0.2, -0.15) is 4.99 Å². The third kappa shape index (κ3) is 5.08. The summed E-state index contributed by atoms with van der Waals surface area (Å²) in [5.41, 5.74) is 0. The minimum absolute atomic E-state index is 0.295. The normalized spacial score (nSPS) is 9.90. The van der Waals surface area contributed by atoms with Gasteiger partial charge in [0.2, 0.25) is 0 Å². The molecule has 58 valence electrons. The lowest BCUT2D eigenvalue weighted by Crippen LogP contribution is -2.20. The third-order valence-corrected chi connectivity index (χ3v) is 0.734. The maximum absolute atomic E-state index is 10.6. The second-order valence-electron chi connectivity index (χ2n) is 2.04. The van der Waals surface area contributed by atoms with Crippen molar-refractivity contribution in [3.63, 3.8) is 0 Å². The zero-order valence-electron chi connectivity index (χ0n) is 6.59. The third-order valence-electron chi connectivity index (χ3n) is 0.734. The van der Waals surface area contributed by atoms with Crippen molar-refractivity contribution in [2.24, 2.45) is 4.99 Å². The van der Waals surface area contributed by atoms with Gasteiger partial charge < -0.3 is 10.2 Å². The lowest BCUT2D eigenvalue weighted by Gasteiger charge is -2.01. The first-order chi connectivity index (χ1) is 4.66. The van der Waals surface area contributed by atoms with E-state index in [0.29, 0.717) is 6.54 Å². The van der Waals surface area contributed by atoms with Crippen molar-refractivity contribution in [2.75, 3.05) is 20.6 Å². The minimum atomic E-state index is -0.295. The van der Waals surface area contributed by atoms with Crippen molar-refractivity contribution in [2.45, 2.75) is 6.92 Å². The molecule has 4 nitrogen and oxygen atoms in total. The Morgan fingerprint density at radius 3 is 2.70 bits per heavy atom. The molecule has 4 heteroatoms. The van der Waals surface area contributed by atoms with Gasteiger partial charge in [-0.25, -0.2) is 4.79 Å². The molecule has 0 fully saturated rings. The van der Waals surface area contributed by atoms with E-state index >= 15 is 0 Å². The van der Waals surface area contributed by atoms with Crippen LogP contribution in [-0.4, -0.2) is 37.9 Å². The van der Waals surface area contributed by atoms with E-state index in [1.165, 1.54) is 6.34 Å². The Labute approximate surface area is 60.9 Å². The molecule has 0 bridgehead atoms. The monoisotopic (exact) mass is 143 g/mol. The van der Waals surface area contributed by atoms with Crippen LogP contribution in [0, 0.1) is 0 Å². The molecule has 0 radical (unpaired) electrons. The van der Waals surface area contributed by atoms with E-state index in [-0.39, 0.29) is 6.03 Å². The van der Waals surface area contributed by atoms with Gasteiger partial charge >= 0.3 is 6.03 Å². The van der Waals surface area contributed by atoms with Crippen molar-refractivity contribution in [1.82, 2.24) is 10.2 Å². The van der Waals surface area contributed by atoms with Crippen molar-refractivity contribution in [3.8, 4) is 0 Å². The number of carbonyl (C=O) groups is 1. The van der Waals surface area contributed by atoms with Gasteiger partial charge in [0.15, 0.2) is 0 Å². The summed E-state index contributed by atoms with van der Waals surface area (Å²) in [6.07, 6.45) is 1.46. The molecule has 0 aliphatic rings. The SMILES string of the molecule is CCNC(=O)/N=C/N(C)C. The first-order valence-corrected chi connectivity index (χ1v) is 3.15. The molecule has 0 rings (SSSR count). The summed E-state index contributed by atoms with van der Waals surface area (Å²) in [6.45, 7) is 2.46. The van der Waals surface area contributed by atoms with E-state index in [9.17, 15) is 4.79 Å². The number of aliphatic imine (C=N–C) groups is 1. The van der Waals surface area contributed by atoms with Crippen LogP contribution in [0.1, 0.15) is 6.92 Å². The summed E-state index contributed by atoms with van der Waals surface area (Å²) in [5.74, 6) is 0. The predicted molar refractivity (Wildman–Crippen MR) is 41.3 cm³/mol. The van der Waals surface area contributed by atoms with Crippen LogP contribution >= 0.6 is 0 Å². The number of amides is 2. The summed E-state index contributed by atoms with van der Waals surface area (Å²) in [5, 5.41) is 2.54. The molecule has 1 N–H and O–H groups in total. The van der Waals surface area contributed by atoms with E-state index in [4.69, 9.17) is 0 Å². The zero-order valence-corrected chi connectivity index (χ0v) is 6.59. The Balaban J connectivity index is 3.56. The summed E-state index contributed by atoms with van der Waals surface area (Å²) in [7, 11) is 3.62.